The van der Waals surface area contributed by atoms with Crippen molar-refractivity contribution in [1.82, 2.24) is 20.4 Å². The highest BCUT2D eigenvalue weighted by atomic mass is 16.5. The first-order chi connectivity index (χ1) is 16.1. The maximum Gasteiger partial charge on any atom is 0.150 e. The zero-order valence-corrected chi connectivity index (χ0v) is 18.5. The molecule has 0 aliphatic rings. The molecule has 2 heterocycles. The molecule has 2 aromatic carbocycles. The Morgan fingerprint density at radius 2 is 1.39 bits per heavy atom. The molecule has 0 saturated heterocycles. The molecule has 9 nitrogen and oxygen atoms in total. The number of nitrogens with one attached hydrogen (secondary N) is 1. The average molecular weight is 447 g/mol. The van der Waals surface area contributed by atoms with E-state index in [1.54, 1.807) is 63.0 Å². The lowest BCUT2D eigenvalue weighted by atomic mass is 10.2. The summed E-state index contributed by atoms with van der Waals surface area (Å²) in [5.74, 6) is 2.87. The Hall–Kier alpha value is -4.53. The molecular weight excluding hydrogens is 420 g/mol. The second kappa shape index (κ2) is 14.5. The third-order valence-electron chi connectivity index (χ3n) is 4.05. The van der Waals surface area contributed by atoms with Crippen LogP contribution in [0, 0.1) is 0 Å². The molecule has 0 radical (unpaired) electrons. The normalized spacial score (nSPS) is 9.27. The van der Waals surface area contributed by atoms with Crippen molar-refractivity contribution in [1.29, 1.82) is 0 Å². The molecule has 0 saturated carbocycles. The smallest absolute Gasteiger partial charge is 0.150 e. The summed E-state index contributed by atoms with van der Waals surface area (Å²) in [5, 5.41) is 17.9. The topological polar surface area (TPSA) is 125 Å². The van der Waals surface area contributed by atoms with Crippen molar-refractivity contribution in [3.05, 3.63) is 96.3 Å². The van der Waals surface area contributed by atoms with Gasteiger partial charge in [0, 0.05) is 24.5 Å². The van der Waals surface area contributed by atoms with E-state index in [1.165, 1.54) is 5.56 Å². The average Bonchev–Trinajstić information content (AvgIpc) is 2.89. The zero-order chi connectivity index (χ0) is 23.7. The predicted octanol–water partition coefficient (Wildman–Crippen LogP) is 3.66. The molecule has 0 bridgehead atoms. The van der Waals surface area contributed by atoms with Gasteiger partial charge < -0.3 is 20.5 Å². The Bertz CT molecular complexity index is 1050. The Morgan fingerprint density at radius 3 is 1.82 bits per heavy atom. The number of carbonyl (C=O) groups excluding carboxylic acids is 1. The fourth-order valence-corrected chi connectivity index (χ4v) is 2.33. The van der Waals surface area contributed by atoms with Gasteiger partial charge in [-0.15, -0.1) is 10.2 Å². The number of carbonyl (C=O) groups is 1. The van der Waals surface area contributed by atoms with Crippen LogP contribution >= 0.6 is 0 Å². The van der Waals surface area contributed by atoms with E-state index >= 15 is 0 Å². The van der Waals surface area contributed by atoms with Crippen LogP contribution in [0.15, 0.2) is 85.2 Å². The maximum atomic E-state index is 10.2. The van der Waals surface area contributed by atoms with Crippen LogP contribution in [0.2, 0.25) is 0 Å². The first-order valence-electron chi connectivity index (χ1n) is 9.91. The predicted molar refractivity (Wildman–Crippen MR) is 127 cm³/mol. The highest BCUT2D eigenvalue weighted by Crippen LogP contribution is 2.12. The first kappa shape index (κ1) is 24.7. The van der Waals surface area contributed by atoms with Crippen LogP contribution in [-0.4, -0.2) is 40.9 Å². The summed E-state index contributed by atoms with van der Waals surface area (Å²) in [6.07, 6.45) is 4.04. The number of hydrogen-bond acceptors (Lipinski definition) is 9. The molecule has 0 atom stereocenters. The summed E-state index contributed by atoms with van der Waals surface area (Å²) in [7, 11) is 3.25. The summed E-state index contributed by atoms with van der Waals surface area (Å²) in [4.78, 5) is 10.2. The quantitative estimate of drug-likeness (QED) is 0.427. The monoisotopic (exact) mass is 446 g/mol. The second-order valence-corrected chi connectivity index (χ2v) is 6.35. The van der Waals surface area contributed by atoms with Crippen molar-refractivity contribution < 1.29 is 14.3 Å². The van der Waals surface area contributed by atoms with Crippen molar-refractivity contribution >= 4 is 17.9 Å². The van der Waals surface area contributed by atoms with Crippen LogP contribution in [0.4, 0.5) is 11.6 Å². The van der Waals surface area contributed by atoms with Crippen LogP contribution in [0.1, 0.15) is 15.9 Å². The standard InChI is InChI=1S/C12H13N3O.C8H8O2.C4H5N3/c1-16-11-6-4-10(5-7-11)9-13-12-3-2-8-14-15-12;1-10-8-4-2-7(6-9)3-5-8;5-4-2-1-3-6-7-4/h2-8H,9H2,1H3,(H,13,15);2-6H,1H3;1-3H,(H2,5,7). The number of aldehydes is 1. The van der Waals surface area contributed by atoms with E-state index in [0.717, 1.165) is 30.1 Å². The molecule has 170 valence electrons. The van der Waals surface area contributed by atoms with Gasteiger partial charge in [-0.05, 0) is 66.2 Å². The van der Waals surface area contributed by atoms with Gasteiger partial charge in [0.15, 0.2) is 0 Å². The summed E-state index contributed by atoms with van der Waals surface area (Å²) < 4.78 is 9.99. The van der Waals surface area contributed by atoms with Crippen molar-refractivity contribution in [2.45, 2.75) is 6.54 Å². The van der Waals surface area contributed by atoms with Crippen LogP contribution in [-0.2, 0) is 6.54 Å². The maximum absolute atomic E-state index is 10.2. The Balaban J connectivity index is 0.000000193. The molecule has 0 amide bonds. The molecule has 9 heteroatoms. The third kappa shape index (κ3) is 9.88. The molecule has 3 N–H and O–H groups in total. The zero-order valence-electron chi connectivity index (χ0n) is 18.5. The highest BCUT2D eigenvalue weighted by molar-refractivity contribution is 5.74. The van der Waals surface area contributed by atoms with Gasteiger partial charge >= 0.3 is 0 Å². The molecule has 0 spiro atoms. The minimum Gasteiger partial charge on any atom is -0.497 e. The minimum atomic E-state index is 0.461. The van der Waals surface area contributed by atoms with Crippen molar-refractivity contribution in [2.75, 3.05) is 25.3 Å². The second-order valence-electron chi connectivity index (χ2n) is 6.35. The molecule has 0 aliphatic heterocycles. The molecule has 33 heavy (non-hydrogen) atoms. The summed E-state index contributed by atoms with van der Waals surface area (Å²) in [5.41, 5.74) is 7.02. The SMILES string of the molecule is COc1ccc(C=O)cc1.COc1ccc(CNc2cccnn2)cc1.Nc1cccnn1. The molecule has 2 aromatic heterocycles. The van der Waals surface area contributed by atoms with E-state index in [-0.39, 0.29) is 0 Å². The highest BCUT2D eigenvalue weighted by Gasteiger charge is 1.95. The Morgan fingerprint density at radius 1 is 0.818 bits per heavy atom. The van der Waals surface area contributed by atoms with E-state index in [9.17, 15) is 4.79 Å². The van der Waals surface area contributed by atoms with Crippen LogP contribution in [0.3, 0.4) is 0 Å². The van der Waals surface area contributed by atoms with Crippen LogP contribution in [0.25, 0.3) is 0 Å². The number of hydrogen-bond donors (Lipinski definition) is 2. The van der Waals surface area contributed by atoms with Gasteiger partial charge in [0.1, 0.15) is 29.4 Å². The molecule has 4 rings (SSSR count). The molecule has 0 unspecified atom stereocenters. The third-order valence-corrected chi connectivity index (χ3v) is 4.05. The van der Waals surface area contributed by atoms with Gasteiger partial charge in [-0.3, -0.25) is 4.79 Å². The number of nitrogens with two attached hydrogens (primary N) is 1. The van der Waals surface area contributed by atoms with Gasteiger partial charge in [0.05, 0.1) is 14.2 Å². The van der Waals surface area contributed by atoms with Crippen molar-refractivity contribution in [3.8, 4) is 11.5 Å². The number of nitrogens with zero attached hydrogens (tertiary/aromatic N) is 4. The summed E-state index contributed by atoms with van der Waals surface area (Å²) in [6.45, 7) is 0.725. The number of nitrogen functional groups attached to an aromatic ring is 1. The fraction of sp³-hybridized carbons (Fsp3) is 0.125. The van der Waals surface area contributed by atoms with E-state index in [2.05, 4.69) is 25.7 Å². The van der Waals surface area contributed by atoms with Gasteiger partial charge in [-0.2, -0.15) is 10.2 Å². The number of methoxy groups -OCH3 is 2. The van der Waals surface area contributed by atoms with Gasteiger partial charge in [-0.25, -0.2) is 0 Å². The Kier molecular flexibility index (Phi) is 10.8. The van der Waals surface area contributed by atoms with E-state index in [1.807, 2.05) is 36.4 Å². The van der Waals surface area contributed by atoms with E-state index in [4.69, 9.17) is 15.2 Å². The molecular formula is C24H26N6O3. The largest absolute Gasteiger partial charge is 0.497 e. The molecule has 0 fully saturated rings. The van der Waals surface area contributed by atoms with Crippen LogP contribution in [0.5, 0.6) is 11.5 Å². The van der Waals surface area contributed by atoms with Gasteiger partial charge in [-0.1, -0.05) is 12.1 Å². The molecule has 0 aliphatic carbocycles. The van der Waals surface area contributed by atoms with Crippen molar-refractivity contribution in [2.24, 2.45) is 0 Å². The van der Waals surface area contributed by atoms with Crippen molar-refractivity contribution in [3.63, 3.8) is 0 Å². The fourth-order valence-electron chi connectivity index (χ4n) is 2.33. The number of anilines is 2. The van der Waals surface area contributed by atoms with Gasteiger partial charge in [0.25, 0.3) is 0 Å². The minimum absolute atomic E-state index is 0.461. The lowest BCUT2D eigenvalue weighted by molar-refractivity contribution is 0.112. The number of benzene rings is 2. The number of aromatic nitrogens is 4. The van der Waals surface area contributed by atoms with Crippen LogP contribution < -0.4 is 20.5 Å². The molecule has 4 aromatic rings. The van der Waals surface area contributed by atoms with E-state index < -0.39 is 0 Å². The lowest BCUT2D eigenvalue weighted by Crippen LogP contribution is -2.01. The van der Waals surface area contributed by atoms with Gasteiger partial charge in [0.2, 0.25) is 0 Å². The first-order valence-corrected chi connectivity index (χ1v) is 9.91. The summed E-state index contributed by atoms with van der Waals surface area (Å²) >= 11 is 0. The lowest BCUT2D eigenvalue weighted by Gasteiger charge is -2.05. The number of rotatable bonds is 6. The summed E-state index contributed by atoms with van der Waals surface area (Å²) in [6, 6.07) is 22.0. The Labute approximate surface area is 192 Å². The van der Waals surface area contributed by atoms with E-state index in [0.29, 0.717) is 11.4 Å². The number of ether oxygens (including phenoxy) is 2.